The van der Waals surface area contributed by atoms with E-state index in [0.717, 1.165) is 11.0 Å². The van der Waals surface area contributed by atoms with Crippen molar-refractivity contribution in [2.45, 2.75) is 6.42 Å². The number of anilines is 1. The Kier molecular flexibility index (Phi) is 4.25. The molecule has 0 saturated heterocycles. The molecule has 0 aromatic heterocycles. The number of nitrogens with zero attached hydrogens (tertiary/aromatic N) is 1. The van der Waals surface area contributed by atoms with Gasteiger partial charge < -0.3 is 10.0 Å². The van der Waals surface area contributed by atoms with E-state index in [0.29, 0.717) is 6.41 Å². The minimum absolute atomic E-state index is 0.0145. The number of amides is 1. The Balaban J connectivity index is 2.86. The van der Waals surface area contributed by atoms with Gasteiger partial charge in [-0.1, -0.05) is 11.6 Å². The van der Waals surface area contributed by atoms with Gasteiger partial charge in [0, 0.05) is 11.6 Å². The summed E-state index contributed by atoms with van der Waals surface area (Å²) < 4.78 is 13.4. The summed E-state index contributed by atoms with van der Waals surface area (Å²) >= 11 is 5.55. The topological polar surface area (TPSA) is 57.6 Å². The number of carboxylic acids is 1. The molecule has 0 spiro atoms. The van der Waals surface area contributed by atoms with Crippen LogP contribution in [0.3, 0.4) is 0 Å². The average Bonchev–Trinajstić information content (AvgIpc) is 2.21. The third-order valence-corrected chi connectivity index (χ3v) is 2.15. The molecule has 0 aliphatic heterocycles. The average molecular weight is 246 g/mol. The molecular formula is C10H9ClFNO3. The Morgan fingerprint density at radius 1 is 1.56 bits per heavy atom. The normalized spacial score (nSPS) is 9.88. The van der Waals surface area contributed by atoms with E-state index in [-0.39, 0.29) is 23.7 Å². The zero-order valence-electron chi connectivity index (χ0n) is 8.19. The molecule has 1 aromatic rings. The first-order valence-corrected chi connectivity index (χ1v) is 4.81. The first kappa shape index (κ1) is 12.4. The Bertz CT molecular complexity index is 411. The van der Waals surface area contributed by atoms with Crippen molar-refractivity contribution >= 4 is 29.7 Å². The van der Waals surface area contributed by atoms with Crippen molar-refractivity contribution in [3.63, 3.8) is 0 Å². The molecule has 1 rings (SSSR count). The van der Waals surface area contributed by atoms with E-state index < -0.39 is 11.8 Å². The molecule has 0 fully saturated rings. The van der Waals surface area contributed by atoms with Gasteiger partial charge in [0.2, 0.25) is 6.41 Å². The minimum atomic E-state index is -1.05. The molecular weight excluding hydrogens is 237 g/mol. The second kappa shape index (κ2) is 5.46. The van der Waals surface area contributed by atoms with Gasteiger partial charge in [-0.3, -0.25) is 9.59 Å². The molecule has 0 bridgehead atoms. The van der Waals surface area contributed by atoms with Crippen LogP contribution in [0.15, 0.2) is 18.2 Å². The minimum Gasteiger partial charge on any atom is -0.481 e. The van der Waals surface area contributed by atoms with Gasteiger partial charge in [0.1, 0.15) is 5.82 Å². The second-order valence-electron chi connectivity index (χ2n) is 3.04. The molecule has 4 nitrogen and oxygen atoms in total. The highest BCUT2D eigenvalue weighted by Gasteiger charge is 2.12. The first-order chi connectivity index (χ1) is 7.54. The molecule has 1 amide bonds. The summed E-state index contributed by atoms with van der Waals surface area (Å²) in [5, 5.41) is 8.67. The van der Waals surface area contributed by atoms with E-state index >= 15 is 0 Å². The lowest BCUT2D eigenvalue weighted by molar-refractivity contribution is -0.136. The van der Waals surface area contributed by atoms with Crippen molar-refractivity contribution in [2.24, 2.45) is 0 Å². The molecule has 0 aliphatic rings. The number of carbonyl (C=O) groups excluding carboxylic acids is 1. The first-order valence-electron chi connectivity index (χ1n) is 4.43. The van der Waals surface area contributed by atoms with Crippen LogP contribution in [-0.4, -0.2) is 24.0 Å². The number of halogens is 2. The summed E-state index contributed by atoms with van der Waals surface area (Å²) in [5.41, 5.74) is 0.0145. The Hall–Kier alpha value is -1.62. The molecule has 0 heterocycles. The Morgan fingerprint density at radius 2 is 2.25 bits per heavy atom. The summed E-state index contributed by atoms with van der Waals surface area (Å²) in [5.74, 6) is -1.72. The lowest BCUT2D eigenvalue weighted by atomic mass is 10.2. The van der Waals surface area contributed by atoms with Crippen LogP contribution >= 0.6 is 11.6 Å². The second-order valence-corrected chi connectivity index (χ2v) is 3.47. The predicted molar refractivity (Wildman–Crippen MR) is 57.1 cm³/mol. The molecule has 0 saturated carbocycles. The quantitative estimate of drug-likeness (QED) is 0.807. The number of benzene rings is 1. The molecule has 0 unspecified atom stereocenters. The number of hydrogen-bond donors (Lipinski definition) is 1. The maximum Gasteiger partial charge on any atom is 0.305 e. The highest BCUT2D eigenvalue weighted by molar-refractivity contribution is 6.30. The van der Waals surface area contributed by atoms with E-state index in [1.54, 1.807) is 0 Å². The lowest BCUT2D eigenvalue weighted by Gasteiger charge is -2.16. The number of carboxylic acid groups (broad SMARTS) is 1. The molecule has 6 heteroatoms. The van der Waals surface area contributed by atoms with Crippen LogP contribution in [0.2, 0.25) is 5.02 Å². The number of carbonyl (C=O) groups is 2. The monoisotopic (exact) mass is 245 g/mol. The highest BCUT2D eigenvalue weighted by Crippen LogP contribution is 2.22. The summed E-state index contributed by atoms with van der Waals surface area (Å²) in [6, 6.07) is 3.82. The van der Waals surface area contributed by atoms with Crippen molar-refractivity contribution in [3.8, 4) is 0 Å². The van der Waals surface area contributed by atoms with Crippen LogP contribution in [0.25, 0.3) is 0 Å². The van der Waals surface area contributed by atoms with Gasteiger partial charge in [0.15, 0.2) is 0 Å². The fraction of sp³-hybridized carbons (Fsp3) is 0.200. The maximum absolute atomic E-state index is 13.4. The zero-order valence-corrected chi connectivity index (χ0v) is 8.95. The standard InChI is InChI=1S/C10H9ClFNO3/c11-7-1-2-9(8(12)5-7)13(6-14)4-3-10(15)16/h1-2,5-6H,3-4H2,(H,15,16). The van der Waals surface area contributed by atoms with E-state index in [2.05, 4.69) is 0 Å². The zero-order chi connectivity index (χ0) is 12.1. The van der Waals surface area contributed by atoms with Crippen LogP contribution in [0.1, 0.15) is 6.42 Å². The van der Waals surface area contributed by atoms with Crippen LogP contribution in [0, 0.1) is 5.82 Å². The lowest BCUT2D eigenvalue weighted by Crippen LogP contribution is -2.25. The molecule has 1 N–H and O–H groups in total. The van der Waals surface area contributed by atoms with E-state index in [1.165, 1.54) is 12.1 Å². The predicted octanol–water partition coefficient (Wildman–Crippen LogP) is 1.92. The third-order valence-electron chi connectivity index (χ3n) is 1.91. The van der Waals surface area contributed by atoms with Crippen LogP contribution in [0.4, 0.5) is 10.1 Å². The van der Waals surface area contributed by atoms with Gasteiger partial charge >= 0.3 is 5.97 Å². The summed E-state index contributed by atoms with van der Waals surface area (Å²) in [4.78, 5) is 22.0. The summed E-state index contributed by atoms with van der Waals surface area (Å²) in [6.45, 7) is -0.0859. The van der Waals surface area contributed by atoms with Crippen LogP contribution < -0.4 is 4.90 Å². The maximum atomic E-state index is 13.4. The van der Waals surface area contributed by atoms with E-state index in [1.807, 2.05) is 0 Å². The number of aliphatic carboxylic acids is 1. The molecule has 86 valence electrons. The van der Waals surface area contributed by atoms with Gasteiger partial charge in [-0.05, 0) is 18.2 Å². The molecule has 0 atom stereocenters. The molecule has 1 aromatic carbocycles. The van der Waals surface area contributed by atoms with E-state index in [9.17, 15) is 14.0 Å². The van der Waals surface area contributed by atoms with Crippen LogP contribution in [0.5, 0.6) is 0 Å². The van der Waals surface area contributed by atoms with Gasteiger partial charge in [0.05, 0.1) is 12.1 Å². The van der Waals surface area contributed by atoms with Crippen molar-refractivity contribution < 1.29 is 19.1 Å². The molecule has 0 aliphatic carbocycles. The molecule has 0 radical (unpaired) electrons. The van der Waals surface area contributed by atoms with Gasteiger partial charge in [-0.25, -0.2) is 4.39 Å². The number of rotatable bonds is 5. The van der Waals surface area contributed by atoms with Crippen LogP contribution in [-0.2, 0) is 9.59 Å². The van der Waals surface area contributed by atoms with Crippen molar-refractivity contribution in [1.82, 2.24) is 0 Å². The SMILES string of the molecule is O=CN(CCC(=O)O)c1ccc(Cl)cc1F. The molecule has 16 heavy (non-hydrogen) atoms. The number of hydrogen-bond acceptors (Lipinski definition) is 2. The van der Waals surface area contributed by atoms with E-state index in [4.69, 9.17) is 16.7 Å². The Labute approximate surface area is 96.2 Å². The summed E-state index contributed by atoms with van der Waals surface area (Å²) in [6.07, 6.45) is 0.135. The Morgan fingerprint density at radius 3 is 2.75 bits per heavy atom. The summed E-state index contributed by atoms with van der Waals surface area (Å²) in [7, 11) is 0. The van der Waals surface area contributed by atoms with Gasteiger partial charge in [-0.2, -0.15) is 0 Å². The fourth-order valence-electron chi connectivity index (χ4n) is 1.16. The fourth-order valence-corrected chi connectivity index (χ4v) is 1.32. The highest BCUT2D eigenvalue weighted by atomic mass is 35.5. The smallest absolute Gasteiger partial charge is 0.305 e. The van der Waals surface area contributed by atoms with Crippen molar-refractivity contribution in [1.29, 1.82) is 0 Å². The van der Waals surface area contributed by atoms with Gasteiger partial charge in [0.25, 0.3) is 0 Å². The van der Waals surface area contributed by atoms with Crippen molar-refractivity contribution in [2.75, 3.05) is 11.4 Å². The largest absolute Gasteiger partial charge is 0.481 e. The van der Waals surface area contributed by atoms with Crippen molar-refractivity contribution in [3.05, 3.63) is 29.0 Å². The van der Waals surface area contributed by atoms with Gasteiger partial charge in [-0.15, -0.1) is 0 Å². The third kappa shape index (κ3) is 3.20.